The molecule has 0 saturated carbocycles. The van der Waals surface area contributed by atoms with Gasteiger partial charge in [0.25, 0.3) is 11.6 Å². The standard InChI is InChI=1S/C14H9BrF3N3O3/c15-10-3-1-2-8(6-10)13(22)20-19-11-5-4-9(14(16,17)18)7-12(11)21(23)24/h1-7,19H,(H,20,22). The van der Waals surface area contributed by atoms with Gasteiger partial charge in [-0.3, -0.25) is 25.8 Å². The number of rotatable bonds is 4. The Balaban J connectivity index is 2.20. The number of carbonyl (C=O) groups is 1. The quantitative estimate of drug-likeness (QED) is 0.593. The lowest BCUT2D eigenvalue weighted by Gasteiger charge is -2.11. The lowest BCUT2D eigenvalue weighted by molar-refractivity contribution is -0.384. The van der Waals surface area contributed by atoms with Gasteiger partial charge < -0.3 is 0 Å². The van der Waals surface area contributed by atoms with E-state index in [1.807, 2.05) is 0 Å². The van der Waals surface area contributed by atoms with Crippen LogP contribution in [0.15, 0.2) is 46.9 Å². The van der Waals surface area contributed by atoms with Crippen molar-refractivity contribution in [3.63, 3.8) is 0 Å². The normalized spacial score (nSPS) is 11.0. The maximum absolute atomic E-state index is 12.6. The van der Waals surface area contributed by atoms with Crippen LogP contribution in [-0.2, 0) is 6.18 Å². The molecule has 0 aromatic heterocycles. The molecule has 0 fully saturated rings. The largest absolute Gasteiger partial charge is 0.416 e. The first-order valence-electron chi connectivity index (χ1n) is 6.36. The highest BCUT2D eigenvalue weighted by atomic mass is 79.9. The zero-order valence-electron chi connectivity index (χ0n) is 11.7. The smallest absolute Gasteiger partial charge is 0.292 e. The summed E-state index contributed by atoms with van der Waals surface area (Å²) in [5, 5.41) is 10.9. The lowest BCUT2D eigenvalue weighted by Crippen LogP contribution is -2.29. The molecular formula is C14H9BrF3N3O3. The van der Waals surface area contributed by atoms with Crippen LogP contribution in [0.2, 0.25) is 0 Å². The van der Waals surface area contributed by atoms with Gasteiger partial charge in [-0.05, 0) is 30.3 Å². The number of nitrogens with zero attached hydrogens (tertiary/aromatic N) is 1. The highest BCUT2D eigenvalue weighted by Crippen LogP contribution is 2.34. The zero-order valence-corrected chi connectivity index (χ0v) is 13.3. The Morgan fingerprint density at radius 3 is 2.46 bits per heavy atom. The summed E-state index contributed by atoms with van der Waals surface area (Å²) >= 11 is 3.19. The van der Waals surface area contributed by atoms with Gasteiger partial charge in [-0.1, -0.05) is 22.0 Å². The first-order chi connectivity index (χ1) is 11.2. The van der Waals surface area contributed by atoms with E-state index in [1.165, 1.54) is 12.1 Å². The molecule has 0 radical (unpaired) electrons. The van der Waals surface area contributed by atoms with Crippen molar-refractivity contribution in [3.8, 4) is 0 Å². The molecule has 2 N–H and O–H groups in total. The average Bonchev–Trinajstić information content (AvgIpc) is 2.51. The van der Waals surface area contributed by atoms with E-state index in [2.05, 4.69) is 26.8 Å². The number of benzene rings is 2. The van der Waals surface area contributed by atoms with Crippen molar-refractivity contribution in [2.45, 2.75) is 6.18 Å². The number of halogens is 4. The lowest BCUT2D eigenvalue weighted by atomic mass is 10.1. The fraction of sp³-hybridized carbons (Fsp3) is 0.0714. The first-order valence-corrected chi connectivity index (χ1v) is 7.15. The van der Waals surface area contributed by atoms with Gasteiger partial charge in [0.15, 0.2) is 0 Å². The van der Waals surface area contributed by atoms with Crippen LogP contribution >= 0.6 is 15.9 Å². The highest BCUT2D eigenvalue weighted by molar-refractivity contribution is 9.10. The Morgan fingerprint density at radius 2 is 1.88 bits per heavy atom. The van der Waals surface area contributed by atoms with Gasteiger partial charge in [-0.15, -0.1) is 0 Å². The van der Waals surface area contributed by atoms with E-state index in [1.54, 1.807) is 12.1 Å². The van der Waals surface area contributed by atoms with Crippen molar-refractivity contribution in [3.05, 3.63) is 68.2 Å². The number of nitro groups is 1. The molecule has 0 atom stereocenters. The van der Waals surface area contributed by atoms with Gasteiger partial charge in [0.2, 0.25) is 0 Å². The Kier molecular flexibility index (Phi) is 5.07. The second kappa shape index (κ2) is 6.87. The third-order valence-corrected chi connectivity index (χ3v) is 3.41. The van der Waals surface area contributed by atoms with E-state index in [-0.39, 0.29) is 11.3 Å². The molecule has 10 heteroatoms. The molecule has 0 unspecified atom stereocenters. The summed E-state index contributed by atoms with van der Waals surface area (Å²) in [6, 6.07) is 8.28. The summed E-state index contributed by atoms with van der Waals surface area (Å²) in [5.74, 6) is -0.606. The molecule has 0 heterocycles. The van der Waals surface area contributed by atoms with Crippen LogP contribution in [0.4, 0.5) is 24.5 Å². The monoisotopic (exact) mass is 403 g/mol. The minimum absolute atomic E-state index is 0.256. The van der Waals surface area contributed by atoms with E-state index >= 15 is 0 Å². The predicted molar refractivity (Wildman–Crippen MR) is 83.3 cm³/mol. The van der Waals surface area contributed by atoms with Gasteiger partial charge in [0, 0.05) is 16.1 Å². The molecule has 6 nitrogen and oxygen atoms in total. The van der Waals surface area contributed by atoms with Crippen molar-refractivity contribution in [2.75, 3.05) is 5.43 Å². The van der Waals surface area contributed by atoms with Gasteiger partial charge in [-0.2, -0.15) is 13.2 Å². The Bertz CT molecular complexity index is 796. The molecule has 2 aromatic rings. The number of nitro benzene ring substituents is 1. The minimum Gasteiger partial charge on any atom is -0.292 e. The molecule has 0 aliphatic heterocycles. The molecule has 24 heavy (non-hydrogen) atoms. The van der Waals surface area contributed by atoms with Gasteiger partial charge in [0.1, 0.15) is 5.69 Å². The highest BCUT2D eigenvalue weighted by Gasteiger charge is 2.33. The fourth-order valence-electron chi connectivity index (χ4n) is 1.79. The van der Waals surface area contributed by atoms with Crippen LogP contribution in [0.1, 0.15) is 15.9 Å². The number of hydrogen-bond donors (Lipinski definition) is 2. The first kappa shape index (κ1) is 17.7. The third kappa shape index (κ3) is 4.22. The Labute approximate surface area is 141 Å². The summed E-state index contributed by atoms with van der Waals surface area (Å²) in [6.45, 7) is 0. The Morgan fingerprint density at radius 1 is 1.17 bits per heavy atom. The zero-order chi connectivity index (χ0) is 17.9. The van der Waals surface area contributed by atoms with Crippen molar-refractivity contribution in [1.29, 1.82) is 0 Å². The van der Waals surface area contributed by atoms with Crippen molar-refractivity contribution >= 4 is 33.2 Å². The molecule has 0 aliphatic rings. The third-order valence-electron chi connectivity index (χ3n) is 2.92. The second-order valence-electron chi connectivity index (χ2n) is 4.58. The summed E-state index contributed by atoms with van der Waals surface area (Å²) in [5.41, 5.74) is 2.50. The maximum atomic E-state index is 12.6. The predicted octanol–water partition coefficient (Wildman–Crippen LogP) is 4.13. The number of nitrogens with one attached hydrogen (secondary N) is 2. The van der Waals surface area contributed by atoms with Gasteiger partial charge in [-0.25, -0.2) is 0 Å². The fourth-order valence-corrected chi connectivity index (χ4v) is 2.19. The van der Waals surface area contributed by atoms with Crippen LogP contribution in [0, 0.1) is 10.1 Å². The summed E-state index contributed by atoms with van der Waals surface area (Å²) in [4.78, 5) is 21.9. The molecule has 0 bridgehead atoms. The second-order valence-corrected chi connectivity index (χ2v) is 5.49. The minimum atomic E-state index is -4.71. The van der Waals surface area contributed by atoms with Crippen LogP contribution in [0.25, 0.3) is 0 Å². The van der Waals surface area contributed by atoms with E-state index in [4.69, 9.17) is 0 Å². The van der Waals surface area contributed by atoms with Crippen molar-refractivity contribution in [2.24, 2.45) is 0 Å². The molecule has 2 rings (SSSR count). The van der Waals surface area contributed by atoms with Crippen LogP contribution in [0.3, 0.4) is 0 Å². The van der Waals surface area contributed by atoms with E-state index < -0.39 is 28.3 Å². The number of hydrogen-bond acceptors (Lipinski definition) is 4. The van der Waals surface area contributed by atoms with Crippen LogP contribution in [0.5, 0.6) is 0 Å². The SMILES string of the molecule is O=C(NNc1ccc(C(F)(F)F)cc1[N+](=O)[O-])c1cccc(Br)c1. The Hall–Kier alpha value is -2.62. The number of anilines is 1. The summed E-state index contributed by atoms with van der Waals surface area (Å²) < 4.78 is 38.5. The van der Waals surface area contributed by atoms with Gasteiger partial charge >= 0.3 is 6.18 Å². The number of amides is 1. The van der Waals surface area contributed by atoms with Crippen LogP contribution in [-0.4, -0.2) is 10.8 Å². The molecule has 0 spiro atoms. The molecule has 2 aromatic carbocycles. The van der Waals surface area contributed by atoms with Gasteiger partial charge in [0.05, 0.1) is 10.5 Å². The summed E-state index contributed by atoms with van der Waals surface area (Å²) in [7, 11) is 0. The van der Waals surface area contributed by atoms with Crippen LogP contribution < -0.4 is 10.9 Å². The number of carbonyl (C=O) groups excluding carboxylic acids is 1. The van der Waals surface area contributed by atoms with Crippen molar-refractivity contribution in [1.82, 2.24) is 5.43 Å². The summed E-state index contributed by atoms with van der Waals surface area (Å²) in [6.07, 6.45) is -4.71. The number of hydrazine groups is 1. The van der Waals surface area contributed by atoms with E-state index in [0.29, 0.717) is 16.6 Å². The average molecular weight is 404 g/mol. The molecule has 1 amide bonds. The van der Waals surface area contributed by atoms with E-state index in [9.17, 15) is 28.1 Å². The maximum Gasteiger partial charge on any atom is 0.416 e. The van der Waals surface area contributed by atoms with E-state index in [0.717, 1.165) is 6.07 Å². The molecule has 0 saturated heterocycles. The van der Waals surface area contributed by atoms with Crippen molar-refractivity contribution < 1.29 is 22.9 Å². The molecular weight excluding hydrogens is 395 g/mol. The molecule has 0 aliphatic carbocycles. The number of alkyl halides is 3. The topological polar surface area (TPSA) is 84.3 Å². The molecule has 126 valence electrons.